The quantitative estimate of drug-likeness (QED) is 0.385. The molecule has 0 unspecified atom stereocenters. The summed E-state index contributed by atoms with van der Waals surface area (Å²) in [5, 5.41) is 1.78. The fourth-order valence-electron chi connectivity index (χ4n) is 2.58. The maximum absolute atomic E-state index is 12.9. The third-order valence-corrected chi connectivity index (χ3v) is 5.47. The van der Waals surface area contributed by atoms with Crippen molar-refractivity contribution in [2.45, 2.75) is 6.54 Å². The molecule has 2 aromatic heterocycles. The lowest BCUT2D eigenvalue weighted by Crippen LogP contribution is -2.34. The highest BCUT2D eigenvalue weighted by Crippen LogP contribution is 2.31. The molecular formula is C20H14Cl2N2O3S. The number of rotatable bonds is 6. The average molecular weight is 433 g/mol. The van der Waals surface area contributed by atoms with E-state index >= 15 is 0 Å². The molecule has 28 heavy (non-hydrogen) atoms. The maximum Gasteiger partial charge on any atom is 0.267 e. The van der Waals surface area contributed by atoms with Crippen LogP contribution in [0.4, 0.5) is 5.13 Å². The molecule has 0 fully saturated rings. The number of anilines is 1. The summed E-state index contributed by atoms with van der Waals surface area (Å²) in [6.07, 6.45) is 1.57. The second kappa shape index (κ2) is 8.22. The molecule has 0 N–H and O–H groups in total. The smallest absolute Gasteiger partial charge is 0.267 e. The monoisotopic (exact) mass is 432 g/mol. The zero-order valence-corrected chi connectivity index (χ0v) is 16.8. The van der Waals surface area contributed by atoms with Gasteiger partial charge >= 0.3 is 0 Å². The van der Waals surface area contributed by atoms with Gasteiger partial charge in [-0.25, -0.2) is 4.98 Å². The van der Waals surface area contributed by atoms with Gasteiger partial charge in [-0.05, 0) is 54.6 Å². The van der Waals surface area contributed by atoms with Crippen LogP contribution in [-0.2, 0) is 11.3 Å². The van der Waals surface area contributed by atoms with E-state index in [9.17, 15) is 4.79 Å². The Morgan fingerprint density at radius 1 is 1.11 bits per heavy atom. The van der Waals surface area contributed by atoms with Crippen LogP contribution < -0.4 is 9.64 Å². The van der Waals surface area contributed by atoms with Gasteiger partial charge in [-0.3, -0.25) is 9.69 Å². The topological polar surface area (TPSA) is 55.6 Å². The Kier molecular flexibility index (Phi) is 5.52. The molecular weight excluding hydrogens is 419 g/mol. The molecule has 0 saturated heterocycles. The summed E-state index contributed by atoms with van der Waals surface area (Å²) in [5.74, 6) is 0.973. The molecule has 0 aliphatic carbocycles. The van der Waals surface area contributed by atoms with Crippen molar-refractivity contribution in [1.82, 2.24) is 4.98 Å². The predicted octanol–water partition coefficient (Wildman–Crippen LogP) is 5.81. The summed E-state index contributed by atoms with van der Waals surface area (Å²) >= 11 is 13.3. The highest BCUT2D eigenvalue weighted by atomic mass is 35.5. The minimum atomic E-state index is -0.239. The van der Waals surface area contributed by atoms with Crippen LogP contribution in [0.15, 0.2) is 65.3 Å². The molecule has 1 amide bonds. The van der Waals surface area contributed by atoms with Crippen LogP contribution in [0.3, 0.4) is 0 Å². The number of thiazole rings is 1. The van der Waals surface area contributed by atoms with E-state index in [0.717, 1.165) is 10.2 Å². The van der Waals surface area contributed by atoms with Crippen molar-refractivity contribution < 1.29 is 13.9 Å². The van der Waals surface area contributed by atoms with Crippen LogP contribution in [0.25, 0.3) is 10.2 Å². The van der Waals surface area contributed by atoms with Crippen LogP contribution in [0.1, 0.15) is 5.76 Å². The second-order valence-corrected chi connectivity index (χ2v) is 7.79. The molecule has 0 atom stereocenters. The largest absolute Gasteiger partial charge is 0.484 e. The molecule has 2 heterocycles. The Balaban J connectivity index is 1.58. The summed E-state index contributed by atoms with van der Waals surface area (Å²) < 4.78 is 11.9. The highest BCUT2D eigenvalue weighted by Gasteiger charge is 2.22. The van der Waals surface area contributed by atoms with E-state index in [4.69, 9.17) is 32.4 Å². The third kappa shape index (κ3) is 4.30. The number of ether oxygens (including phenoxy) is 1. The summed E-state index contributed by atoms with van der Waals surface area (Å²) in [6.45, 7) is 0.113. The van der Waals surface area contributed by atoms with Crippen LogP contribution in [0.2, 0.25) is 10.0 Å². The molecule has 4 rings (SSSR count). The molecule has 0 radical (unpaired) electrons. The molecule has 0 spiro atoms. The fraction of sp³-hybridized carbons (Fsp3) is 0.100. The number of carbonyl (C=O) groups is 1. The van der Waals surface area contributed by atoms with E-state index in [2.05, 4.69) is 4.98 Å². The minimum absolute atomic E-state index is 0.140. The number of fused-ring (bicyclic) bond motifs is 1. The first kappa shape index (κ1) is 18.8. The summed E-state index contributed by atoms with van der Waals surface area (Å²) in [5.41, 5.74) is 0.778. The lowest BCUT2D eigenvalue weighted by Gasteiger charge is -2.19. The van der Waals surface area contributed by atoms with E-state index in [1.807, 2.05) is 18.2 Å². The summed E-state index contributed by atoms with van der Waals surface area (Å²) in [4.78, 5) is 19.0. The molecule has 8 heteroatoms. The van der Waals surface area contributed by atoms with Gasteiger partial charge < -0.3 is 9.15 Å². The zero-order chi connectivity index (χ0) is 19.5. The van der Waals surface area contributed by atoms with Gasteiger partial charge in [0.1, 0.15) is 11.5 Å². The molecule has 2 aromatic carbocycles. The lowest BCUT2D eigenvalue weighted by atomic mass is 10.3. The van der Waals surface area contributed by atoms with Gasteiger partial charge in [0, 0.05) is 10.0 Å². The van der Waals surface area contributed by atoms with Crippen LogP contribution in [-0.4, -0.2) is 17.5 Å². The number of benzene rings is 2. The highest BCUT2D eigenvalue weighted by molar-refractivity contribution is 7.22. The van der Waals surface area contributed by atoms with Crippen LogP contribution in [0.5, 0.6) is 5.75 Å². The van der Waals surface area contributed by atoms with E-state index < -0.39 is 0 Å². The first-order valence-electron chi connectivity index (χ1n) is 8.36. The number of halogens is 2. The first-order chi connectivity index (χ1) is 13.6. The Labute approximate surface area is 175 Å². The normalized spacial score (nSPS) is 10.9. The van der Waals surface area contributed by atoms with Crippen molar-refractivity contribution >= 4 is 55.8 Å². The van der Waals surface area contributed by atoms with Crippen LogP contribution >= 0.6 is 34.5 Å². The van der Waals surface area contributed by atoms with Gasteiger partial charge in [0.2, 0.25) is 0 Å². The number of carbonyl (C=O) groups excluding carboxylic acids is 1. The van der Waals surface area contributed by atoms with E-state index in [1.165, 1.54) is 11.3 Å². The lowest BCUT2D eigenvalue weighted by molar-refractivity contribution is -0.120. The molecule has 0 bridgehead atoms. The molecule has 0 saturated carbocycles. The SMILES string of the molecule is O=C(COc1ccc(Cl)cc1)N(Cc1ccco1)c1nc2ccc(Cl)cc2s1. The Morgan fingerprint density at radius 2 is 1.89 bits per heavy atom. The number of hydrogen-bond acceptors (Lipinski definition) is 5. The van der Waals surface area contributed by atoms with Gasteiger partial charge in [-0.2, -0.15) is 0 Å². The molecule has 142 valence electrons. The number of amides is 1. The van der Waals surface area contributed by atoms with Crippen molar-refractivity contribution in [2.24, 2.45) is 0 Å². The molecule has 0 aliphatic heterocycles. The molecule has 0 aliphatic rings. The summed E-state index contributed by atoms with van der Waals surface area (Å²) in [7, 11) is 0. The van der Waals surface area contributed by atoms with E-state index in [-0.39, 0.29) is 19.1 Å². The predicted molar refractivity (Wildman–Crippen MR) is 111 cm³/mol. The standard InChI is InChI=1S/C20H14Cl2N2O3S/c21-13-3-6-15(7-4-13)27-12-19(25)24(11-16-2-1-9-26-16)20-23-17-8-5-14(22)10-18(17)28-20/h1-10H,11-12H2. The molecule has 4 aromatic rings. The van der Waals surface area contributed by atoms with Crippen molar-refractivity contribution in [2.75, 3.05) is 11.5 Å². The average Bonchev–Trinajstić information content (AvgIpc) is 3.34. The van der Waals surface area contributed by atoms with Gasteiger partial charge in [0.05, 0.1) is 23.0 Å². The van der Waals surface area contributed by atoms with Crippen LogP contribution in [0, 0.1) is 0 Å². The van der Waals surface area contributed by atoms with Gasteiger partial charge in [-0.15, -0.1) is 0 Å². The third-order valence-electron chi connectivity index (χ3n) is 3.94. The number of nitrogens with zero attached hydrogens (tertiary/aromatic N) is 2. The van der Waals surface area contributed by atoms with Crippen molar-refractivity contribution in [3.63, 3.8) is 0 Å². The van der Waals surface area contributed by atoms with Gasteiger partial charge in [-0.1, -0.05) is 34.5 Å². The zero-order valence-electron chi connectivity index (χ0n) is 14.5. The van der Waals surface area contributed by atoms with Crippen molar-refractivity contribution in [3.05, 3.63) is 76.7 Å². The Morgan fingerprint density at radius 3 is 2.64 bits per heavy atom. The van der Waals surface area contributed by atoms with E-state index in [0.29, 0.717) is 26.7 Å². The van der Waals surface area contributed by atoms with Crippen molar-refractivity contribution in [1.29, 1.82) is 0 Å². The molecule has 5 nitrogen and oxygen atoms in total. The van der Waals surface area contributed by atoms with Crippen molar-refractivity contribution in [3.8, 4) is 5.75 Å². The van der Waals surface area contributed by atoms with E-state index in [1.54, 1.807) is 47.6 Å². The van der Waals surface area contributed by atoms with Gasteiger partial charge in [0.25, 0.3) is 5.91 Å². The number of furan rings is 1. The maximum atomic E-state index is 12.9. The minimum Gasteiger partial charge on any atom is -0.484 e. The number of hydrogen-bond donors (Lipinski definition) is 0. The summed E-state index contributed by atoms with van der Waals surface area (Å²) in [6, 6.07) is 15.9. The Hall–Kier alpha value is -2.54. The second-order valence-electron chi connectivity index (χ2n) is 5.91. The first-order valence-corrected chi connectivity index (χ1v) is 9.93. The van der Waals surface area contributed by atoms with Gasteiger partial charge in [0.15, 0.2) is 11.7 Å². The number of aromatic nitrogens is 1. The Bertz CT molecular complexity index is 1090. The fourth-order valence-corrected chi connectivity index (χ4v) is 3.96.